The summed E-state index contributed by atoms with van der Waals surface area (Å²) >= 11 is 3.55. The fourth-order valence-corrected chi connectivity index (χ4v) is 2.39. The van der Waals surface area contributed by atoms with Crippen LogP contribution in [0.15, 0.2) is 53.4 Å². The highest BCUT2D eigenvalue weighted by Crippen LogP contribution is 2.36. The molecule has 0 aliphatic rings. The van der Waals surface area contributed by atoms with Crippen molar-refractivity contribution in [3.05, 3.63) is 53.4 Å². The summed E-state index contributed by atoms with van der Waals surface area (Å²) in [5.41, 5.74) is 6.17. The van der Waals surface area contributed by atoms with E-state index in [2.05, 4.69) is 25.9 Å². The molecule has 5 heteroatoms. The lowest BCUT2D eigenvalue weighted by molar-refractivity contribution is 0.462. The number of benzene rings is 2. The number of nitrogens with two attached hydrogens (primary N) is 1. The zero-order valence-electron chi connectivity index (χ0n) is 9.88. The fourth-order valence-electron chi connectivity index (χ4n) is 1.81. The largest absolute Gasteiger partial charge is 0.436 e. The number of aromatic nitrogens is 2. The lowest BCUT2D eigenvalue weighted by Crippen LogP contribution is -1.96. The number of halogens is 1. The molecule has 2 N–H and O–H groups in total. The molecule has 3 aromatic rings. The molecule has 1 heterocycles. The van der Waals surface area contributed by atoms with Crippen LogP contribution in [0.4, 0.5) is 5.69 Å². The van der Waals surface area contributed by atoms with Crippen molar-refractivity contribution in [3.63, 3.8) is 0 Å². The Hall–Kier alpha value is -2.14. The first-order valence-corrected chi connectivity index (χ1v) is 6.45. The Balaban J connectivity index is 2.07. The Morgan fingerprint density at radius 2 is 1.95 bits per heavy atom. The summed E-state index contributed by atoms with van der Waals surface area (Å²) in [5.74, 6) is 1.02. The van der Waals surface area contributed by atoms with Gasteiger partial charge < -0.3 is 10.5 Å². The van der Waals surface area contributed by atoms with Crippen LogP contribution in [0.2, 0.25) is 0 Å². The van der Waals surface area contributed by atoms with Crippen LogP contribution < -0.4 is 10.5 Å². The van der Waals surface area contributed by atoms with Crippen LogP contribution in [-0.2, 0) is 0 Å². The molecule has 0 fully saturated rings. The van der Waals surface area contributed by atoms with Crippen LogP contribution in [0.25, 0.3) is 10.8 Å². The number of hydrogen-bond donors (Lipinski definition) is 1. The quantitative estimate of drug-likeness (QED) is 0.782. The third-order valence-electron chi connectivity index (χ3n) is 2.74. The number of ether oxygens (including phenoxy) is 1. The average Bonchev–Trinajstić information content (AvgIpc) is 2.44. The van der Waals surface area contributed by atoms with E-state index >= 15 is 0 Å². The van der Waals surface area contributed by atoms with Crippen LogP contribution in [0.5, 0.6) is 11.6 Å². The van der Waals surface area contributed by atoms with Crippen LogP contribution in [0.1, 0.15) is 0 Å². The Morgan fingerprint density at radius 3 is 2.79 bits per heavy atom. The highest BCUT2D eigenvalue weighted by atomic mass is 79.9. The summed E-state index contributed by atoms with van der Waals surface area (Å²) in [6.45, 7) is 0. The summed E-state index contributed by atoms with van der Waals surface area (Å²) in [5, 5.41) is 2.21. The normalized spacial score (nSPS) is 10.6. The van der Waals surface area contributed by atoms with Gasteiger partial charge in [-0.2, -0.15) is 4.98 Å². The van der Waals surface area contributed by atoms with Gasteiger partial charge in [0.1, 0.15) is 17.8 Å². The third kappa shape index (κ3) is 2.24. The SMILES string of the molecule is Nc1cncnc1Oc1ccc2ccccc2c1Br. The maximum atomic E-state index is 5.77. The smallest absolute Gasteiger partial charge is 0.245 e. The molecule has 0 amide bonds. The zero-order chi connectivity index (χ0) is 13.2. The zero-order valence-corrected chi connectivity index (χ0v) is 11.5. The van der Waals surface area contributed by atoms with Gasteiger partial charge in [0.15, 0.2) is 0 Å². The molecule has 0 radical (unpaired) electrons. The molecule has 19 heavy (non-hydrogen) atoms. The van der Waals surface area contributed by atoms with Crippen molar-refractivity contribution in [2.75, 3.05) is 5.73 Å². The molecule has 3 rings (SSSR count). The van der Waals surface area contributed by atoms with E-state index in [0.717, 1.165) is 15.2 Å². The second-order valence-electron chi connectivity index (χ2n) is 3.98. The van der Waals surface area contributed by atoms with Crippen LogP contribution in [-0.4, -0.2) is 9.97 Å². The van der Waals surface area contributed by atoms with E-state index in [-0.39, 0.29) is 0 Å². The van der Waals surface area contributed by atoms with E-state index in [1.807, 2.05) is 36.4 Å². The molecule has 1 aromatic heterocycles. The Bertz CT molecular complexity index is 746. The number of hydrogen-bond acceptors (Lipinski definition) is 4. The second kappa shape index (κ2) is 4.85. The number of nitrogen functional groups attached to an aromatic ring is 1. The molecule has 4 nitrogen and oxygen atoms in total. The predicted molar refractivity (Wildman–Crippen MR) is 78.2 cm³/mol. The first kappa shape index (κ1) is 11.9. The molecule has 94 valence electrons. The minimum Gasteiger partial charge on any atom is -0.436 e. The van der Waals surface area contributed by atoms with Gasteiger partial charge in [0.25, 0.3) is 0 Å². The van der Waals surface area contributed by atoms with Crippen molar-refractivity contribution in [2.24, 2.45) is 0 Å². The maximum absolute atomic E-state index is 5.77. The van der Waals surface area contributed by atoms with Gasteiger partial charge >= 0.3 is 0 Å². The van der Waals surface area contributed by atoms with Gasteiger partial charge in [-0.05, 0) is 32.8 Å². The van der Waals surface area contributed by atoms with E-state index in [1.165, 1.54) is 12.5 Å². The standard InChI is InChI=1S/C14H10BrN3O/c15-13-10-4-2-1-3-9(10)5-6-12(13)19-14-11(16)7-17-8-18-14/h1-8H,16H2. The minimum absolute atomic E-state index is 0.353. The summed E-state index contributed by atoms with van der Waals surface area (Å²) in [6, 6.07) is 11.9. The molecule has 2 aromatic carbocycles. The molecule has 0 aliphatic heterocycles. The molecule has 0 bridgehead atoms. The van der Waals surface area contributed by atoms with Crippen molar-refractivity contribution >= 4 is 32.4 Å². The van der Waals surface area contributed by atoms with Gasteiger partial charge in [0.05, 0.1) is 10.7 Å². The first-order chi connectivity index (χ1) is 9.25. The van der Waals surface area contributed by atoms with Gasteiger partial charge in [-0.1, -0.05) is 30.3 Å². The highest BCUT2D eigenvalue weighted by molar-refractivity contribution is 9.10. The van der Waals surface area contributed by atoms with Gasteiger partial charge in [-0.3, -0.25) is 0 Å². The van der Waals surface area contributed by atoms with Gasteiger partial charge in [-0.25, -0.2) is 4.98 Å². The highest BCUT2D eigenvalue weighted by Gasteiger charge is 2.09. The molecule has 0 saturated heterocycles. The van der Waals surface area contributed by atoms with Crippen LogP contribution in [0, 0.1) is 0 Å². The summed E-state index contributed by atoms with van der Waals surface area (Å²) < 4.78 is 6.60. The summed E-state index contributed by atoms with van der Waals surface area (Å²) in [4.78, 5) is 7.85. The van der Waals surface area contributed by atoms with Gasteiger partial charge in [0.2, 0.25) is 5.88 Å². The minimum atomic E-state index is 0.353. The van der Waals surface area contributed by atoms with E-state index in [1.54, 1.807) is 0 Å². The molecular weight excluding hydrogens is 306 g/mol. The Labute approximate surface area is 118 Å². The summed E-state index contributed by atoms with van der Waals surface area (Å²) in [6.07, 6.45) is 2.91. The predicted octanol–water partition coefficient (Wildman–Crippen LogP) is 3.77. The monoisotopic (exact) mass is 315 g/mol. The molecule has 0 spiro atoms. The van der Waals surface area contributed by atoms with E-state index in [4.69, 9.17) is 10.5 Å². The van der Waals surface area contributed by atoms with E-state index in [0.29, 0.717) is 17.3 Å². The van der Waals surface area contributed by atoms with E-state index in [9.17, 15) is 0 Å². The van der Waals surface area contributed by atoms with Crippen LogP contribution in [0.3, 0.4) is 0 Å². The van der Waals surface area contributed by atoms with Gasteiger partial charge in [-0.15, -0.1) is 0 Å². The third-order valence-corrected chi connectivity index (χ3v) is 3.55. The Kier molecular flexibility index (Phi) is 3.05. The fraction of sp³-hybridized carbons (Fsp3) is 0. The molecular formula is C14H10BrN3O. The first-order valence-electron chi connectivity index (χ1n) is 5.66. The Morgan fingerprint density at radius 1 is 1.11 bits per heavy atom. The maximum Gasteiger partial charge on any atom is 0.245 e. The molecule has 0 unspecified atom stereocenters. The molecule has 0 aliphatic carbocycles. The van der Waals surface area contributed by atoms with Crippen molar-refractivity contribution < 1.29 is 4.74 Å². The summed E-state index contributed by atoms with van der Waals surface area (Å²) in [7, 11) is 0. The van der Waals surface area contributed by atoms with E-state index < -0.39 is 0 Å². The lowest BCUT2D eigenvalue weighted by atomic mass is 10.1. The van der Waals surface area contributed by atoms with Crippen molar-refractivity contribution in [2.45, 2.75) is 0 Å². The number of rotatable bonds is 2. The molecule has 0 atom stereocenters. The van der Waals surface area contributed by atoms with Crippen molar-refractivity contribution in [3.8, 4) is 11.6 Å². The molecule has 0 saturated carbocycles. The van der Waals surface area contributed by atoms with Crippen molar-refractivity contribution in [1.29, 1.82) is 0 Å². The number of fused-ring (bicyclic) bond motifs is 1. The lowest BCUT2D eigenvalue weighted by Gasteiger charge is -2.10. The van der Waals surface area contributed by atoms with Crippen molar-refractivity contribution in [1.82, 2.24) is 9.97 Å². The topological polar surface area (TPSA) is 61.0 Å². The average molecular weight is 316 g/mol. The number of nitrogens with zero attached hydrogens (tertiary/aromatic N) is 2. The van der Waals surface area contributed by atoms with Crippen LogP contribution >= 0.6 is 15.9 Å². The van der Waals surface area contributed by atoms with Gasteiger partial charge in [0, 0.05) is 0 Å². The number of anilines is 1. The second-order valence-corrected chi connectivity index (χ2v) is 4.78.